The van der Waals surface area contributed by atoms with Gasteiger partial charge in [-0.1, -0.05) is 6.42 Å². The van der Waals surface area contributed by atoms with E-state index in [1.807, 2.05) is 4.90 Å². The number of likely N-dealkylation sites (tertiary alicyclic amines) is 3. The van der Waals surface area contributed by atoms with Gasteiger partial charge in [-0.3, -0.25) is 9.59 Å². The molecule has 0 atom stereocenters. The van der Waals surface area contributed by atoms with Crippen LogP contribution < -0.4 is 5.69 Å². The van der Waals surface area contributed by atoms with E-state index in [0.29, 0.717) is 30.7 Å². The molecular weight excluding hydrogens is 372 g/mol. The molecule has 5 rings (SSSR count). The van der Waals surface area contributed by atoms with Gasteiger partial charge in [-0.25, -0.2) is 14.3 Å². The van der Waals surface area contributed by atoms with Gasteiger partial charge in [0.15, 0.2) is 5.65 Å². The molecular formula is C20H26N6O3. The Bertz CT molecular complexity index is 991. The Labute approximate surface area is 168 Å². The molecule has 2 aromatic rings. The second-order valence-corrected chi connectivity index (χ2v) is 8.71. The number of nitrogens with one attached hydrogen (secondary N) is 1. The molecule has 3 aliphatic rings. The molecule has 1 spiro atoms. The van der Waals surface area contributed by atoms with Crippen LogP contribution in [0.25, 0.3) is 5.65 Å². The van der Waals surface area contributed by atoms with E-state index in [2.05, 4.69) is 15.1 Å². The summed E-state index contributed by atoms with van der Waals surface area (Å²) in [4.78, 5) is 43.1. The molecule has 9 heteroatoms. The van der Waals surface area contributed by atoms with Crippen molar-refractivity contribution in [3.05, 3.63) is 34.4 Å². The Morgan fingerprint density at radius 3 is 2.55 bits per heavy atom. The Morgan fingerprint density at radius 1 is 1.07 bits per heavy atom. The summed E-state index contributed by atoms with van der Waals surface area (Å²) in [5.74, 6) is 0.113. The molecule has 2 amide bonds. The molecule has 5 heterocycles. The van der Waals surface area contributed by atoms with Crippen LogP contribution in [-0.2, 0) is 4.79 Å². The lowest BCUT2D eigenvalue weighted by Crippen LogP contribution is -2.73. The van der Waals surface area contributed by atoms with Gasteiger partial charge in [0.25, 0.3) is 5.91 Å². The molecule has 0 bridgehead atoms. The maximum Gasteiger partial charge on any atom is 0.347 e. The highest BCUT2D eigenvalue weighted by Crippen LogP contribution is 2.40. The van der Waals surface area contributed by atoms with E-state index in [-0.39, 0.29) is 22.9 Å². The fraction of sp³-hybridized carbons (Fsp3) is 0.600. The number of carbonyl (C=O) groups is 2. The van der Waals surface area contributed by atoms with Gasteiger partial charge in [-0.05, 0) is 38.1 Å². The third-order valence-electron chi connectivity index (χ3n) is 6.51. The van der Waals surface area contributed by atoms with Crippen LogP contribution in [0.15, 0.2) is 23.1 Å². The zero-order valence-corrected chi connectivity index (χ0v) is 16.5. The predicted octanol–water partition coefficient (Wildman–Crippen LogP) is 0.183. The first-order valence-electron chi connectivity index (χ1n) is 10.4. The van der Waals surface area contributed by atoms with Crippen molar-refractivity contribution in [2.45, 2.75) is 25.7 Å². The van der Waals surface area contributed by atoms with Crippen LogP contribution in [0.5, 0.6) is 0 Å². The average Bonchev–Trinajstić information content (AvgIpc) is 3.06. The number of hydrogen-bond acceptors (Lipinski definition) is 5. The zero-order valence-electron chi connectivity index (χ0n) is 16.5. The molecule has 1 N–H and O–H groups in total. The number of aromatic amines is 1. The summed E-state index contributed by atoms with van der Waals surface area (Å²) in [6.07, 6.45) is 5.97. The summed E-state index contributed by atoms with van der Waals surface area (Å²) >= 11 is 0. The first-order chi connectivity index (χ1) is 14.0. The van der Waals surface area contributed by atoms with Gasteiger partial charge >= 0.3 is 5.69 Å². The highest BCUT2D eigenvalue weighted by atomic mass is 16.2. The summed E-state index contributed by atoms with van der Waals surface area (Å²) < 4.78 is 1.34. The number of fused-ring (bicyclic) bond motifs is 1. The number of aromatic nitrogens is 3. The van der Waals surface area contributed by atoms with Crippen molar-refractivity contribution in [1.29, 1.82) is 0 Å². The van der Waals surface area contributed by atoms with Gasteiger partial charge < -0.3 is 14.7 Å². The summed E-state index contributed by atoms with van der Waals surface area (Å²) in [5, 5.41) is 6.34. The van der Waals surface area contributed by atoms with Crippen molar-refractivity contribution in [2.75, 3.05) is 45.8 Å². The second-order valence-electron chi connectivity index (χ2n) is 8.71. The first kappa shape index (κ1) is 18.4. The monoisotopic (exact) mass is 398 g/mol. The van der Waals surface area contributed by atoms with Crippen LogP contribution >= 0.6 is 0 Å². The Morgan fingerprint density at radius 2 is 1.79 bits per heavy atom. The Kier molecular flexibility index (Phi) is 4.42. The molecule has 9 nitrogen and oxygen atoms in total. The summed E-state index contributed by atoms with van der Waals surface area (Å²) in [5.41, 5.74) is 0.473. The number of amides is 2. The van der Waals surface area contributed by atoms with Crippen LogP contribution in [0, 0.1) is 5.41 Å². The summed E-state index contributed by atoms with van der Waals surface area (Å²) in [6.45, 7) is 5.87. The highest BCUT2D eigenvalue weighted by Gasteiger charge is 2.54. The van der Waals surface area contributed by atoms with Crippen molar-refractivity contribution in [3.63, 3.8) is 0 Å². The van der Waals surface area contributed by atoms with E-state index < -0.39 is 0 Å². The van der Waals surface area contributed by atoms with Crippen LogP contribution in [-0.4, -0.2) is 86.9 Å². The molecule has 3 fully saturated rings. The van der Waals surface area contributed by atoms with Crippen molar-refractivity contribution in [3.8, 4) is 0 Å². The van der Waals surface area contributed by atoms with Gasteiger partial charge in [0.05, 0.1) is 5.56 Å². The molecule has 29 heavy (non-hydrogen) atoms. The number of carbonyl (C=O) groups excluding carboxylic acids is 2. The quantitative estimate of drug-likeness (QED) is 0.793. The molecule has 0 saturated carbocycles. The molecule has 154 valence electrons. The lowest BCUT2D eigenvalue weighted by atomic mass is 9.72. The lowest BCUT2D eigenvalue weighted by Gasteiger charge is -2.60. The average molecular weight is 398 g/mol. The van der Waals surface area contributed by atoms with Crippen LogP contribution in [0.3, 0.4) is 0 Å². The largest absolute Gasteiger partial charge is 0.347 e. The third kappa shape index (κ3) is 3.23. The van der Waals surface area contributed by atoms with E-state index in [9.17, 15) is 14.4 Å². The smallest absolute Gasteiger partial charge is 0.341 e. The maximum atomic E-state index is 12.8. The standard InChI is InChI=1S/C20H26N6O3/c27-16(6-10-23-7-2-1-3-8-23)24-11-20(12-24)13-25(14-20)18(28)15-5-4-9-26-17(15)21-22-19(26)29/h4-5,9H,1-3,6-8,10-14H2,(H,22,29). The SMILES string of the molecule is O=C(CCN1CCCCC1)N1CC2(C1)CN(C(=O)c1cccn3c(=O)[nH]nc13)C2. The number of H-pyrrole nitrogens is 1. The molecule has 3 saturated heterocycles. The van der Waals surface area contributed by atoms with E-state index >= 15 is 0 Å². The van der Waals surface area contributed by atoms with Gasteiger partial charge in [0.2, 0.25) is 5.91 Å². The number of pyridine rings is 1. The third-order valence-corrected chi connectivity index (χ3v) is 6.51. The van der Waals surface area contributed by atoms with Gasteiger partial charge in [-0.15, -0.1) is 0 Å². The molecule has 0 radical (unpaired) electrons. The first-order valence-corrected chi connectivity index (χ1v) is 10.4. The molecule has 0 unspecified atom stereocenters. The topological polar surface area (TPSA) is 94.0 Å². The van der Waals surface area contributed by atoms with E-state index in [0.717, 1.165) is 32.7 Å². The molecule has 2 aromatic heterocycles. The maximum absolute atomic E-state index is 12.8. The van der Waals surface area contributed by atoms with Crippen molar-refractivity contribution in [2.24, 2.45) is 5.41 Å². The minimum atomic E-state index is -0.354. The minimum absolute atomic E-state index is 0.0484. The molecule has 0 aliphatic carbocycles. The van der Waals surface area contributed by atoms with Crippen molar-refractivity contribution >= 4 is 17.5 Å². The Balaban J connectivity index is 1.13. The molecule has 3 aliphatic heterocycles. The minimum Gasteiger partial charge on any atom is -0.341 e. The van der Waals surface area contributed by atoms with E-state index in [1.54, 1.807) is 23.2 Å². The number of nitrogens with zero attached hydrogens (tertiary/aromatic N) is 5. The normalized spacial score (nSPS) is 21.2. The molecule has 0 aromatic carbocycles. The van der Waals surface area contributed by atoms with Crippen molar-refractivity contribution in [1.82, 2.24) is 29.3 Å². The highest BCUT2D eigenvalue weighted by molar-refractivity contribution is 6.00. The number of piperidine rings is 1. The number of hydrogen-bond donors (Lipinski definition) is 1. The lowest BCUT2D eigenvalue weighted by molar-refractivity contribution is -0.154. The van der Waals surface area contributed by atoms with E-state index in [4.69, 9.17) is 0 Å². The van der Waals surface area contributed by atoms with Crippen LogP contribution in [0.1, 0.15) is 36.0 Å². The summed E-state index contributed by atoms with van der Waals surface area (Å²) in [6, 6.07) is 3.37. The fourth-order valence-electron chi connectivity index (χ4n) is 4.91. The Hall–Kier alpha value is -2.68. The van der Waals surface area contributed by atoms with Gasteiger partial charge in [0.1, 0.15) is 0 Å². The van der Waals surface area contributed by atoms with Crippen molar-refractivity contribution < 1.29 is 9.59 Å². The summed E-state index contributed by atoms with van der Waals surface area (Å²) in [7, 11) is 0. The predicted molar refractivity (Wildman–Crippen MR) is 106 cm³/mol. The van der Waals surface area contributed by atoms with Crippen LogP contribution in [0.2, 0.25) is 0 Å². The van der Waals surface area contributed by atoms with Crippen LogP contribution in [0.4, 0.5) is 0 Å². The number of rotatable bonds is 4. The zero-order chi connectivity index (χ0) is 20.0. The second kappa shape index (κ2) is 6.98. The van der Waals surface area contributed by atoms with Gasteiger partial charge in [-0.2, -0.15) is 5.10 Å². The van der Waals surface area contributed by atoms with E-state index in [1.165, 1.54) is 23.7 Å². The van der Waals surface area contributed by atoms with Gasteiger partial charge in [0, 0.05) is 50.8 Å². The fourth-order valence-corrected chi connectivity index (χ4v) is 4.91.